The van der Waals surface area contributed by atoms with Gasteiger partial charge in [0.2, 0.25) is 5.91 Å². The molecule has 1 amide bonds. The fraction of sp³-hybridized carbons (Fsp3) is 0.667. The Balaban J connectivity index is 2.52. The molecule has 6 heteroatoms. The number of carbonyl (C=O) groups is 1. The fourth-order valence-corrected chi connectivity index (χ4v) is 1.10. The van der Waals surface area contributed by atoms with Gasteiger partial charge in [0, 0.05) is 0 Å². The minimum atomic E-state index is -0.490. The summed E-state index contributed by atoms with van der Waals surface area (Å²) in [6, 6.07) is -0.694. The first-order valence-corrected chi connectivity index (χ1v) is 4.93. The summed E-state index contributed by atoms with van der Waals surface area (Å²) in [5.41, 5.74) is 5.70. The van der Waals surface area contributed by atoms with Crippen LogP contribution in [0, 0.1) is 5.92 Å². The third kappa shape index (κ3) is 3.02. The van der Waals surface area contributed by atoms with E-state index in [0.717, 1.165) is 0 Å². The summed E-state index contributed by atoms with van der Waals surface area (Å²) in [4.78, 5) is 15.5. The van der Waals surface area contributed by atoms with Crippen molar-refractivity contribution >= 4 is 5.91 Å². The van der Waals surface area contributed by atoms with Gasteiger partial charge < -0.3 is 11.1 Å². The van der Waals surface area contributed by atoms with Gasteiger partial charge in [-0.3, -0.25) is 9.89 Å². The maximum atomic E-state index is 11.6. The minimum Gasteiger partial charge on any atom is -0.345 e. The van der Waals surface area contributed by atoms with Crippen LogP contribution in [0.1, 0.15) is 32.6 Å². The number of nitrogens with one attached hydrogen (secondary N) is 2. The van der Waals surface area contributed by atoms with Crippen molar-refractivity contribution in [3.8, 4) is 0 Å². The van der Waals surface area contributed by atoms with E-state index in [4.69, 9.17) is 5.73 Å². The second kappa shape index (κ2) is 4.88. The Bertz CT molecular complexity index is 308. The number of rotatable bonds is 4. The molecule has 1 heterocycles. The highest BCUT2D eigenvalue weighted by Gasteiger charge is 2.20. The molecule has 1 aromatic rings. The lowest BCUT2D eigenvalue weighted by atomic mass is 10.0. The van der Waals surface area contributed by atoms with Crippen LogP contribution in [-0.4, -0.2) is 27.1 Å². The first-order chi connectivity index (χ1) is 7.02. The fourth-order valence-electron chi connectivity index (χ4n) is 1.10. The van der Waals surface area contributed by atoms with Gasteiger partial charge >= 0.3 is 0 Å². The van der Waals surface area contributed by atoms with Gasteiger partial charge in [-0.15, -0.1) is 0 Å². The van der Waals surface area contributed by atoms with Gasteiger partial charge in [-0.2, -0.15) is 5.10 Å². The number of aromatic amines is 1. The molecule has 4 N–H and O–H groups in total. The van der Waals surface area contributed by atoms with Gasteiger partial charge in [-0.05, 0) is 12.8 Å². The van der Waals surface area contributed by atoms with Gasteiger partial charge in [-0.1, -0.05) is 13.8 Å². The predicted octanol–water partition coefficient (Wildman–Crippen LogP) is -0.0348. The monoisotopic (exact) mass is 211 g/mol. The van der Waals surface area contributed by atoms with Crippen molar-refractivity contribution in [3.63, 3.8) is 0 Å². The number of nitrogens with zero attached hydrogens (tertiary/aromatic N) is 2. The highest BCUT2D eigenvalue weighted by atomic mass is 16.2. The molecule has 0 saturated carbocycles. The van der Waals surface area contributed by atoms with Crippen molar-refractivity contribution in [2.75, 3.05) is 0 Å². The van der Waals surface area contributed by atoms with E-state index >= 15 is 0 Å². The summed E-state index contributed by atoms with van der Waals surface area (Å²) in [7, 11) is 0. The SMILES string of the molecule is CC(NC(=O)[C@H](N)C(C)C)c1ncn[nH]1. The molecule has 0 saturated heterocycles. The van der Waals surface area contributed by atoms with Gasteiger partial charge in [-0.25, -0.2) is 4.98 Å². The molecular formula is C9H17N5O. The largest absolute Gasteiger partial charge is 0.345 e. The second-order valence-electron chi connectivity index (χ2n) is 3.87. The van der Waals surface area contributed by atoms with Crippen molar-refractivity contribution in [3.05, 3.63) is 12.2 Å². The zero-order chi connectivity index (χ0) is 11.4. The van der Waals surface area contributed by atoms with Crippen LogP contribution in [0.5, 0.6) is 0 Å². The lowest BCUT2D eigenvalue weighted by Crippen LogP contribution is -2.44. The highest BCUT2D eigenvalue weighted by molar-refractivity contribution is 5.82. The van der Waals surface area contributed by atoms with Gasteiger partial charge in [0.15, 0.2) is 0 Å². The topological polar surface area (TPSA) is 96.7 Å². The first-order valence-electron chi connectivity index (χ1n) is 4.93. The zero-order valence-corrected chi connectivity index (χ0v) is 9.19. The third-order valence-corrected chi connectivity index (χ3v) is 2.22. The molecule has 15 heavy (non-hydrogen) atoms. The van der Waals surface area contributed by atoms with E-state index in [2.05, 4.69) is 20.5 Å². The Kier molecular flexibility index (Phi) is 3.79. The zero-order valence-electron chi connectivity index (χ0n) is 9.19. The normalized spacial score (nSPS) is 15.0. The number of nitrogens with two attached hydrogens (primary N) is 1. The molecule has 6 nitrogen and oxygen atoms in total. The first kappa shape index (κ1) is 11.6. The van der Waals surface area contributed by atoms with Crippen LogP contribution in [0.15, 0.2) is 6.33 Å². The molecule has 1 unspecified atom stereocenters. The number of hydrogen-bond donors (Lipinski definition) is 3. The molecule has 1 rings (SSSR count). The Morgan fingerprint density at radius 2 is 2.20 bits per heavy atom. The predicted molar refractivity (Wildman–Crippen MR) is 55.8 cm³/mol. The van der Waals surface area contributed by atoms with Crippen molar-refractivity contribution in [1.29, 1.82) is 0 Å². The summed E-state index contributed by atoms with van der Waals surface area (Å²) in [6.07, 6.45) is 1.40. The van der Waals surface area contributed by atoms with E-state index in [1.165, 1.54) is 6.33 Å². The Hall–Kier alpha value is -1.43. The summed E-state index contributed by atoms with van der Waals surface area (Å²) in [6.45, 7) is 5.64. The highest BCUT2D eigenvalue weighted by Crippen LogP contribution is 2.06. The van der Waals surface area contributed by atoms with Gasteiger partial charge in [0.05, 0.1) is 12.1 Å². The van der Waals surface area contributed by atoms with E-state index in [-0.39, 0.29) is 17.9 Å². The van der Waals surface area contributed by atoms with Crippen LogP contribution < -0.4 is 11.1 Å². The smallest absolute Gasteiger partial charge is 0.237 e. The van der Waals surface area contributed by atoms with E-state index in [1.54, 1.807) is 0 Å². The van der Waals surface area contributed by atoms with Crippen molar-refractivity contribution < 1.29 is 4.79 Å². The number of carbonyl (C=O) groups excluding carboxylic acids is 1. The van der Waals surface area contributed by atoms with E-state index in [1.807, 2.05) is 20.8 Å². The third-order valence-electron chi connectivity index (χ3n) is 2.22. The standard InChI is InChI=1S/C9H17N5O/c1-5(2)7(10)9(15)13-6(3)8-11-4-12-14-8/h4-7H,10H2,1-3H3,(H,13,15)(H,11,12,14)/t6?,7-/m1/s1. The molecule has 2 atom stereocenters. The van der Waals surface area contributed by atoms with Crippen LogP contribution in [0.2, 0.25) is 0 Å². The van der Waals surface area contributed by atoms with Crippen LogP contribution in [0.25, 0.3) is 0 Å². The lowest BCUT2D eigenvalue weighted by molar-refractivity contribution is -0.123. The molecule has 0 fully saturated rings. The Labute approximate surface area is 88.7 Å². The number of hydrogen-bond acceptors (Lipinski definition) is 4. The molecule has 0 aromatic carbocycles. The van der Waals surface area contributed by atoms with E-state index in [0.29, 0.717) is 5.82 Å². The van der Waals surface area contributed by atoms with Gasteiger partial charge in [0.1, 0.15) is 12.2 Å². The molecule has 0 bridgehead atoms. The molecule has 1 aromatic heterocycles. The molecule has 84 valence electrons. The number of aromatic nitrogens is 3. The van der Waals surface area contributed by atoms with E-state index in [9.17, 15) is 4.79 Å². The van der Waals surface area contributed by atoms with Crippen LogP contribution in [-0.2, 0) is 4.79 Å². The van der Waals surface area contributed by atoms with Gasteiger partial charge in [0.25, 0.3) is 0 Å². The molecule has 0 aliphatic carbocycles. The average molecular weight is 211 g/mol. The number of amides is 1. The quantitative estimate of drug-likeness (QED) is 0.651. The summed E-state index contributed by atoms with van der Waals surface area (Å²) < 4.78 is 0. The minimum absolute atomic E-state index is 0.118. The lowest BCUT2D eigenvalue weighted by Gasteiger charge is -2.18. The average Bonchev–Trinajstić information content (AvgIpc) is 2.68. The summed E-state index contributed by atoms with van der Waals surface area (Å²) in [5.74, 6) is 0.570. The molecule has 0 radical (unpaired) electrons. The molecule has 0 aliphatic rings. The Morgan fingerprint density at radius 3 is 2.67 bits per heavy atom. The molecule has 0 spiro atoms. The molecular weight excluding hydrogens is 194 g/mol. The second-order valence-corrected chi connectivity index (χ2v) is 3.87. The van der Waals surface area contributed by atoms with Crippen LogP contribution >= 0.6 is 0 Å². The van der Waals surface area contributed by atoms with Crippen molar-refractivity contribution in [2.45, 2.75) is 32.9 Å². The Morgan fingerprint density at radius 1 is 1.53 bits per heavy atom. The summed E-state index contributed by atoms with van der Waals surface area (Å²) in [5, 5.41) is 9.17. The van der Waals surface area contributed by atoms with Crippen LogP contribution in [0.3, 0.4) is 0 Å². The number of H-pyrrole nitrogens is 1. The van der Waals surface area contributed by atoms with Crippen LogP contribution in [0.4, 0.5) is 0 Å². The maximum absolute atomic E-state index is 11.6. The van der Waals surface area contributed by atoms with Crippen molar-refractivity contribution in [2.24, 2.45) is 11.7 Å². The summed E-state index contributed by atoms with van der Waals surface area (Å²) >= 11 is 0. The van der Waals surface area contributed by atoms with E-state index < -0.39 is 6.04 Å². The molecule has 0 aliphatic heterocycles. The van der Waals surface area contributed by atoms with Crippen molar-refractivity contribution in [1.82, 2.24) is 20.5 Å². The maximum Gasteiger partial charge on any atom is 0.237 e.